The Hall–Kier alpha value is -1.58. The molecule has 0 radical (unpaired) electrons. The van der Waals surface area contributed by atoms with Gasteiger partial charge in [0.1, 0.15) is 0 Å². The lowest BCUT2D eigenvalue weighted by molar-refractivity contribution is -0.384. The molecule has 0 aliphatic carbocycles. The summed E-state index contributed by atoms with van der Waals surface area (Å²) in [6.07, 6.45) is 4.55. The number of rotatable bonds is 7. The maximum absolute atomic E-state index is 10.5. The van der Waals surface area contributed by atoms with E-state index < -0.39 is 0 Å². The van der Waals surface area contributed by atoms with Crippen LogP contribution in [0.3, 0.4) is 0 Å². The van der Waals surface area contributed by atoms with Crippen molar-refractivity contribution in [2.45, 2.75) is 45.6 Å². The molecule has 0 aliphatic rings. The lowest BCUT2D eigenvalue weighted by Crippen LogP contribution is -2.18. The van der Waals surface area contributed by atoms with Gasteiger partial charge < -0.3 is 5.32 Å². The highest BCUT2D eigenvalue weighted by Gasteiger charge is 2.08. The molecule has 1 aromatic carbocycles. The molecule has 0 aliphatic heterocycles. The SMILES string of the molecule is CCCC(CCC)Nc1ccc([N+](=O)[O-])cc1. The van der Waals surface area contributed by atoms with Crippen molar-refractivity contribution < 1.29 is 4.92 Å². The Balaban J connectivity index is 2.62. The zero-order valence-electron chi connectivity index (χ0n) is 10.5. The zero-order valence-corrected chi connectivity index (χ0v) is 10.5. The van der Waals surface area contributed by atoms with Crippen molar-refractivity contribution in [3.63, 3.8) is 0 Å². The van der Waals surface area contributed by atoms with E-state index in [1.54, 1.807) is 12.1 Å². The molecule has 0 bridgehead atoms. The molecular formula is C13H20N2O2. The highest BCUT2D eigenvalue weighted by atomic mass is 16.6. The third kappa shape index (κ3) is 4.43. The van der Waals surface area contributed by atoms with Gasteiger partial charge in [-0.05, 0) is 25.0 Å². The second kappa shape index (κ2) is 6.89. The van der Waals surface area contributed by atoms with Crippen molar-refractivity contribution in [2.75, 3.05) is 5.32 Å². The fourth-order valence-corrected chi connectivity index (χ4v) is 1.90. The first-order valence-electron chi connectivity index (χ1n) is 6.18. The van der Waals surface area contributed by atoms with Crippen molar-refractivity contribution in [3.8, 4) is 0 Å². The van der Waals surface area contributed by atoms with E-state index in [2.05, 4.69) is 19.2 Å². The van der Waals surface area contributed by atoms with Crippen molar-refractivity contribution in [1.29, 1.82) is 0 Å². The fourth-order valence-electron chi connectivity index (χ4n) is 1.90. The Bertz CT molecular complexity index is 343. The Morgan fingerprint density at radius 2 is 1.71 bits per heavy atom. The maximum atomic E-state index is 10.5. The highest BCUT2D eigenvalue weighted by Crippen LogP contribution is 2.18. The van der Waals surface area contributed by atoms with E-state index in [-0.39, 0.29) is 10.6 Å². The van der Waals surface area contributed by atoms with Crippen LogP contribution in [0.25, 0.3) is 0 Å². The molecule has 0 saturated heterocycles. The molecule has 0 spiro atoms. The number of nitrogens with zero attached hydrogens (tertiary/aromatic N) is 1. The van der Waals surface area contributed by atoms with Gasteiger partial charge in [-0.15, -0.1) is 0 Å². The number of hydrogen-bond acceptors (Lipinski definition) is 3. The van der Waals surface area contributed by atoms with Gasteiger partial charge in [-0.1, -0.05) is 26.7 Å². The van der Waals surface area contributed by atoms with Crippen LogP contribution in [-0.2, 0) is 0 Å². The summed E-state index contributed by atoms with van der Waals surface area (Å²) in [5.41, 5.74) is 1.10. The van der Waals surface area contributed by atoms with Crippen LogP contribution in [0.1, 0.15) is 39.5 Å². The van der Waals surface area contributed by atoms with Gasteiger partial charge >= 0.3 is 0 Å². The molecule has 94 valence electrons. The minimum Gasteiger partial charge on any atom is -0.382 e. The second-order valence-corrected chi connectivity index (χ2v) is 4.22. The summed E-state index contributed by atoms with van der Waals surface area (Å²) in [5.74, 6) is 0. The van der Waals surface area contributed by atoms with Crippen molar-refractivity contribution in [3.05, 3.63) is 34.4 Å². The topological polar surface area (TPSA) is 55.2 Å². The van der Waals surface area contributed by atoms with Gasteiger partial charge in [0.2, 0.25) is 0 Å². The molecule has 0 heterocycles. The maximum Gasteiger partial charge on any atom is 0.269 e. The first kappa shape index (κ1) is 13.5. The summed E-state index contributed by atoms with van der Waals surface area (Å²) in [6, 6.07) is 7.09. The predicted octanol–water partition coefficient (Wildman–Crippen LogP) is 3.98. The van der Waals surface area contributed by atoms with E-state index >= 15 is 0 Å². The van der Waals surface area contributed by atoms with Gasteiger partial charge in [0.05, 0.1) is 4.92 Å². The van der Waals surface area contributed by atoms with E-state index in [0.717, 1.165) is 31.4 Å². The molecule has 1 N–H and O–H groups in total. The molecule has 17 heavy (non-hydrogen) atoms. The van der Waals surface area contributed by atoms with Gasteiger partial charge in [0.15, 0.2) is 0 Å². The number of benzene rings is 1. The molecule has 4 nitrogen and oxygen atoms in total. The molecule has 0 atom stereocenters. The van der Waals surface area contributed by atoms with Crippen molar-refractivity contribution in [2.24, 2.45) is 0 Å². The fraction of sp³-hybridized carbons (Fsp3) is 0.538. The second-order valence-electron chi connectivity index (χ2n) is 4.22. The van der Waals surface area contributed by atoms with Crippen molar-refractivity contribution in [1.82, 2.24) is 0 Å². The zero-order chi connectivity index (χ0) is 12.7. The average molecular weight is 236 g/mol. The molecule has 4 heteroatoms. The first-order chi connectivity index (χ1) is 8.17. The number of hydrogen-bond donors (Lipinski definition) is 1. The third-order valence-corrected chi connectivity index (χ3v) is 2.72. The standard InChI is InChI=1S/C13H20N2O2/c1-3-5-11(6-4-2)14-12-7-9-13(10-8-12)15(16)17/h7-11,14H,3-6H2,1-2H3. The highest BCUT2D eigenvalue weighted by molar-refractivity contribution is 5.49. The van der Waals surface area contributed by atoms with Crippen LogP contribution >= 0.6 is 0 Å². The van der Waals surface area contributed by atoms with E-state index in [4.69, 9.17) is 0 Å². The summed E-state index contributed by atoms with van der Waals surface area (Å²) < 4.78 is 0. The number of non-ortho nitro benzene ring substituents is 1. The number of nitro benzene ring substituents is 1. The molecular weight excluding hydrogens is 216 g/mol. The molecule has 0 unspecified atom stereocenters. The molecule has 0 aromatic heterocycles. The van der Waals surface area contributed by atoms with E-state index in [9.17, 15) is 10.1 Å². The molecule has 0 fully saturated rings. The van der Waals surface area contributed by atoms with Crippen LogP contribution in [0.4, 0.5) is 11.4 Å². The number of nitrogens with one attached hydrogen (secondary N) is 1. The van der Waals surface area contributed by atoms with Gasteiger partial charge in [0.25, 0.3) is 5.69 Å². The summed E-state index contributed by atoms with van der Waals surface area (Å²) in [6.45, 7) is 4.33. The quantitative estimate of drug-likeness (QED) is 0.575. The predicted molar refractivity (Wildman–Crippen MR) is 70.3 cm³/mol. The van der Waals surface area contributed by atoms with Crippen LogP contribution in [0.5, 0.6) is 0 Å². The minimum absolute atomic E-state index is 0.137. The van der Waals surface area contributed by atoms with Crippen LogP contribution in [-0.4, -0.2) is 11.0 Å². The Morgan fingerprint density at radius 3 is 2.12 bits per heavy atom. The Morgan fingerprint density at radius 1 is 1.18 bits per heavy atom. The Labute approximate surface area is 102 Å². The molecule has 1 aromatic rings. The molecule has 1 rings (SSSR count). The van der Waals surface area contributed by atoms with E-state index in [1.807, 2.05) is 0 Å². The third-order valence-electron chi connectivity index (χ3n) is 2.72. The number of anilines is 1. The van der Waals surface area contributed by atoms with Gasteiger partial charge in [-0.2, -0.15) is 0 Å². The monoisotopic (exact) mass is 236 g/mol. The average Bonchev–Trinajstić information content (AvgIpc) is 2.30. The normalized spacial score (nSPS) is 10.5. The van der Waals surface area contributed by atoms with E-state index in [1.165, 1.54) is 12.1 Å². The summed E-state index contributed by atoms with van der Waals surface area (Å²) in [7, 11) is 0. The lowest BCUT2D eigenvalue weighted by atomic mass is 10.1. The van der Waals surface area contributed by atoms with Crippen LogP contribution in [0, 0.1) is 10.1 Å². The van der Waals surface area contributed by atoms with Gasteiger partial charge in [-0.3, -0.25) is 10.1 Å². The lowest BCUT2D eigenvalue weighted by Gasteiger charge is -2.18. The van der Waals surface area contributed by atoms with Gasteiger partial charge in [-0.25, -0.2) is 0 Å². The summed E-state index contributed by atoms with van der Waals surface area (Å²) in [4.78, 5) is 10.1. The smallest absolute Gasteiger partial charge is 0.269 e. The van der Waals surface area contributed by atoms with E-state index in [0.29, 0.717) is 6.04 Å². The Kier molecular flexibility index (Phi) is 5.46. The van der Waals surface area contributed by atoms with Crippen LogP contribution in [0.15, 0.2) is 24.3 Å². The molecule has 0 amide bonds. The summed E-state index contributed by atoms with van der Waals surface area (Å²) in [5, 5.41) is 13.9. The summed E-state index contributed by atoms with van der Waals surface area (Å²) >= 11 is 0. The van der Waals surface area contributed by atoms with Gasteiger partial charge in [0, 0.05) is 23.9 Å². The largest absolute Gasteiger partial charge is 0.382 e. The van der Waals surface area contributed by atoms with Crippen LogP contribution < -0.4 is 5.32 Å². The van der Waals surface area contributed by atoms with Crippen LogP contribution in [0.2, 0.25) is 0 Å². The first-order valence-corrected chi connectivity index (χ1v) is 6.18. The minimum atomic E-state index is -0.376. The molecule has 0 saturated carbocycles. The van der Waals surface area contributed by atoms with Crippen molar-refractivity contribution >= 4 is 11.4 Å². The number of nitro groups is 1.